The van der Waals surface area contributed by atoms with Gasteiger partial charge in [0, 0.05) is 25.6 Å². The molecular weight excluding hydrogens is 327 g/mol. The van der Waals surface area contributed by atoms with Crippen LogP contribution in [-0.2, 0) is 0 Å². The van der Waals surface area contributed by atoms with Gasteiger partial charge in [-0.1, -0.05) is 0 Å². The third-order valence-electron chi connectivity index (χ3n) is 2.42. The van der Waals surface area contributed by atoms with Gasteiger partial charge in [0.1, 0.15) is 5.82 Å². The molecule has 2 aromatic rings. The van der Waals surface area contributed by atoms with Gasteiger partial charge >= 0.3 is 0 Å². The molecule has 0 aliphatic carbocycles. The van der Waals surface area contributed by atoms with E-state index >= 15 is 0 Å². The van der Waals surface area contributed by atoms with E-state index in [1.807, 2.05) is 14.1 Å². The van der Waals surface area contributed by atoms with Crippen molar-refractivity contribution in [3.63, 3.8) is 0 Å². The van der Waals surface area contributed by atoms with Gasteiger partial charge in [-0.15, -0.1) is 0 Å². The summed E-state index contributed by atoms with van der Waals surface area (Å²) in [6.07, 6.45) is 0. The van der Waals surface area contributed by atoms with Crippen molar-refractivity contribution in [2.24, 2.45) is 0 Å². The van der Waals surface area contributed by atoms with Gasteiger partial charge in [-0.25, -0.2) is 4.39 Å². The minimum absolute atomic E-state index is 0.317. The quantitative estimate of drug-likeness (QED) is 0.891. The third-order valence-corrected chi connectivity index (χ3v) is 3.08. The highest BCUT2D eigenvalue weighted by molar-refractivity contribution is 9.10. The van der Waals surface area contributed by atoms with Crippen molar-refractivity contribution in [2.75, 3.05) is 36.7 Å². The molecule has 0 atom stereocenters. The number of halogens is 2. The van der Waals surface area contributed by atoms with Gasteiger partial charge in [0.15, 0.2) is 0 Å². The first-order valence-electron chi connectivity index (χ1n) is 5.83. The van der Waals surface area contributed by atoms with Crippen molar-refractivity contribution in [2.45, 2.75) is 0 Å². The lowest BCUT2D eigenvalue weighted by Crippen LogP contribution is -2.15. The standard InChI is InChI=1S/C12H14BrFN6/c1-15-10-17-11(19-12(18-10)20(2)3)16-9-5-4-7(14)6-8(9)13/h4-6H,1-3H3,(H2,15,16,17,18,19). The average Bonchev–Trinajstić information content (AvgIpc) is 2.41. The number of nitrogens with one attached hydrogen (secondary N) is 2. The number of benzene rings is 1. The number of nitrogens with zero attached hydrogens (tertiary/aromatic N) is 4. The second-order valence-corrected chi connectivity index (χ2v) is 5.03. The van der Waals surface area contributed by atoms with Crippen LogP contribution in [-0.4, -0.2) is 36.1 Å². The zero-order valence-electron chi connectivity index (χ0n) is 11.3. The van der Waals surface area contributed by atoms with Gasteiger partial charge < -0.3 is 15.5 Å². The summed E-state index contributed by atoms with van der Waals surface area (Å²) in [5, 5.41) is 5.90. The van der Waals surface area contributed by atoms with Crippen LogP contribution in [0.3, 0.4) is 0 Å². The first-order valence-corrected chi connectivity index (χ1v) is 6.62. The largest absolute Gasteiger partial charge is 0.357 e. The normalized spacial score (nSPS) is 10.2. The summed E-state index contributed by atoms with van der Waals surface area (Å²) in [5.41, 5.74) is 0.671. The highest BCUT2D eigenvalue weighted by Gasteiger charge is 2.09. The van der Waals surface area contributed by atoms with Crippen molar-refractivity contribution in [3.05, 3.63) is 28.5 Å². The fourth-order valence-electron chi connectivity index (χ4n) is 1.44. The molecule has 1 heterocycles. The van der Waals surface area contributed by atoms with E-state index in [0.717, 1.165) is 0 Å². The van der Waals surface area contributed by atoms with Crippen LogP contribution in [0.2, 0.25) is 0 Å². The predicted molar refractivity (Wildman–Crippen MR) is 81.1 cm³/mol. The van der Waals surface area contributed by atoms with Crippen LogP contribution in [0.4, 0.5) is 27.9 Å². The predicted octanol–water partition coefficient (Wildman–Crippen LogP) is 2.62. The van der Waals surface area contributed by atoms with Crippen LogP contribution in [0.25, 0.3) is 0 Å². The highest BCUT2D eigenvalue weighted by atomic mass is 79.9. The maximum atomic E-state index is 13.1. The minimum atomic E-state index is -0.317. The molecule has 0 saturated heterocycles. The molecule has 0 unspecified atom stereocenters. The lowest BCUT2D eigenvalue weighted by Gasteiger charge is -2.13. The van der Waals surface area contributed by atoms with E-state index in [4.69, 9.17) is 0 Å². The van der Waals surface area contributed by atoms with Crippen molar-refractivity contribution >= 4 is 39.5 Å². The molecule has 0 bridgehead atoms. The van der Waals surface area contributed by atoms with Crippen LogP contribution in [0.15, 0.2) is 22.7 Å². The Bertz CT molecular complexity index is 619. The molecule has 6 nitrogen and oxygen atoms in total. The van der Waals surface area contributed by atoms with Gasteiger partial charge in [0.2, 0.25) is 17.8 Å². The van der Waals surface area contributed by atoms with Crippen LogP contribution in [0.1, 0.15) is 0 Å². The smallest absolute Gasteiger partial charge is 0.233 e. The Morgan fingerprint density at radius 2 is 1.85 bits per heavy atom. The summed E-state index contributed by atoms with van der Waals surface area (Å²) >= 11 is 3.29. The third kappa shape index (κ3) is 3.32. The monoisotopic (exact) mass is 340 g/mol. The van der Waals surface area contributed by atoms with E-state index in [9.17, 15) is 4.39 Å². The Morgan fingerprint density at radius 3 is 2.45 bits per heavy atom. The van der Waals surface area contributed by atoms with E-state index < -0.39 is 0 Å². The summed E-state index contributed by atoms with van der Waals surface area (Å²) in [4.78, 5) is 14.5. The Hall–Kier alpha value is -1.96. The van der Waals surface area contributed by atoms with E-state index in [1.54, 1.807) is 18.0 Å². The van der Waals surface area contributed by atoms with Crippen LogP contribution >= 0.6 is 15.9 Å². The molecule has 0 aliphatic heterocycles. The highest BCUT2D eigenvalue weighted by Crippen LogP contribution is 2.26. The molecule has 0 fully saturated rings. The summed E-state index contributed by atoms with van der Waals surface area (Å²) in [5.74, 6) is 1.03. The lowest BCUT2D eigenvalue weighted by molar-refractivity contribution is 0.627. The summed E-state index contributed by atoms with van der Waals surface area (Å²) in [6.45, 7) is 0. The summed E-state index contributed by atoms with van der Waals surface area (Å²) in [7, 11) is 5.41. The van der Waals surface area contributed by atoms with Crippen molar-refractivity contribution in [1.82, 2.24) is 15.0 Å². The Kier molecular flexibility index (Phi) is 4.33. The van der Waals surface area contributed by atoms with E-state index in [2.05, 4.69) is 41.5 Å². The topological polar surface area (TPSA) is 66.0 Å². The number of rotatable bonds is 4. The minimum Gasteiger partial charge on any atom is -0.357 e. The number of hydrogen-bond donors (Lipinski definition) is 2. The fraction of sp³-hybridized carbons (Fsp3) is 0.250. The van der Waals surface area contributed by atoms with Gasteiger partial charge in [-0.3, -0.25) is 0 Å². The second kappa shape index (κ2) is 6.00. The number of hydrogen-bond acceptors (Lipinski definition) is 6. The second-order valence-electron chi connectivity index (χ2n) is 4.18. The van der Waals surface area contributed by atoms with Gasteiger partial charge in [-0.05, 0) is 34.1 Å². The SMILES string of the molecule is CNc1nc(Nc2ccc(F)cc2Br)nc(N(C)C)n1. The van der Waals surface area contributed by atoms with Crippen molar-refractivity contribution in [3.8, 4) is 0 Å². The molecule has 20 heavy (non-hydrogen) atoms. The number of anilines is 4. The molecule has 0 aliphatic rings. The molecule has 1 aromatic heterocycles. The molecule has 2 rings (SSSR count). The van der Waals surface area contributed by atoms with Crippen molar-refractivity contribution in [1.29, 1.82) is 0 Å². The first-order chi connectivity index (χ1) is 9.49. The molecule has 0 spiro atoms. The molecule has 106 valence electrons. The summed E-state index contributed by atoms with van der Waals surface area (Å²) < 4.78 is 13.7. The zero-order chi connectivity index (χ0) is 14.7. The van der Waals surface area contributed by atoms with E-state index in [-0.39, 0.29) is 5.82 Å². The Labute approximate surface area is 124 Å². The zero-order valence-corrected chi connectivity index (χ0v) is 12.9. The molecule has 0 amide bonds. The average molecular weight is 341 g/mol. The summed E-state index contributed by atoms with van der Waals surface area (Å²) in [6, 6.07) is 4.34. The van der Waals surface area contributed by atoms with Crippen LogP contribution in [0, 0.1) is 5.82 Å². The fourth-order valence-corrected chi connectivity index (χ4v) is 1.89. The van der Waals surface area contributed by atoms with Gasteiger partial charge in [0.05, 0.1) is 5.69 Å². The maximum Gasteiger partial charge on any atom is 0.233 e. The Balaban J connectivity index is 2.34. The number of aromatic nitrogens is 3. The van der Waals surface area contributed by atoms with Crippen LogP contribution in [0.5, 0.6) is 0 Å². The first kappa shape index (κ1) is 14.4. The van der Waals surface area contributed by atoms with Gasteiger partial charge in [-0.2, -0.15) is 15.0 Å². The lowest BCUT2D eigenvalue weighted by atomic mass is 10.3. The molecule has 2 N–H and O–H groups in total. The maximum absolute atomic E-state index is 13.1. The van der Waals surface area contributed by atoms with Gasteiger partial charge in [0.25, 0.3) is 0 Å². The van der Waals surface area contributed by atoms with E-state index in [1.165, 1.54) is 12.1 Å². The van der Waals surface area contributed by atoms with Crippen molar-refractivity contribution < 1.29 is 4.39 Å². The Morgan fingerprint density at radius 1 is 1.15 bits per heavy atom. The molecular formula is C12H14BrFN6. The molecule has 1 aromatic carbocycles. The molecule has 8 heteroatoms. The molecule has 0 saturated carbocycles. The molecule has 0 radical (unpaired) electrons. The van der Waals surface area contributed by atoms with Crippen LogP contribution < -0.4 is 15.5 Å². The van der Waals surface area contributed by atoms with E-state index in [0.29, 0.717) is 28.0 Å².